The molecule has 0 radical (unpaired) electrons. The molecule has 1 unspecified atom stereocenters. The van der Waals surface area contributed by atoms with Gasteiger partial charge in [-0.15, -0.1) is 0 Å². The maximum atomic E-state index is 3.98. The molecule has 1 N–H and O–H groups in total. The van der Waals surface area contributed by atoms with E-state index in [2.05, 4.69) is 56.6 Å². The van der Waals surface area contributed by atoms with Crippen molar-refractivity contribution in [1.82, 2.24) is 15.5 Å². The van der Waals surface area contributed by atoms with Gasteiger partial charge in [-0.05, 0) is 42.6 Å². The van der Waals surface area contributed by atoms with Gasteiger partial charge in [0.2, 0.25) is 0 Å². The normalized spacial score (nSPS) is 12.3. The molecule has 0 bridgehead atoms. The maximum absolute atomic E-state index is 3.98. The Hall–Kier alpha value is -1.26. The quantitative estimate of drug-likeness (QED) is 0.885. The van der Waals surface area contributed by atoms with Gasteiger partial charge in [-0.3, -0.25) is 0 Å². The summed E-state index contributed by atoms with van der Waals surface area (Å²) in [5.74, 6) is 0. The predicted molar refractivity (Wildman–Crippen MR) is 80.9 cm³/mol. The zero-order chi connectivity index (χ0) is 13.5. The van der Waals surface area contributed by atoms with Crippen LogP contribution in [0.2, 0.25) is 0 Å². The fourth-order valence-electron chi connectivity index (χ4n) is 2.02. The summed E-state index contributed by atoms with van der Waals surface area (Å²) >= 11 is 3.61. The Balaban J connectivity index is 2.17. The highest BCUT2D eigenvalue weighted by atomic mass is 79.9. The van der Waals surface area contributed by atoms with Crippen molar-refractivity contribution in [2.45, 2.75) is 25.8 Å². The Morgan fingerprint density at radius 2 is 2.05 bits per heavy atom. The first kappa shape index (κ1) is 14.2. The van der Waals surface area contributed by atoms with Gasteiger partial charge in [-0.25, -0.2) is 0 Å². The van der Waals surface area contributed by atoms with E-state index in [4.69, 9.17) is 0 Å². The van der Waals surface area contributed by atoms with Gasteiger partial charge in [0.15, 0.2) is 0 Å². The van der Waals surface area contributed by atoms with Crippen molar-refractivity contribution in [2.75, 3.05) is 6.54 Å². The first-order valence-electron chi connectivity index (χ1n) is 6.54. The highest BCUT2D eigenvalue weighted by Gasteiger charge is 2.13. The Morgan fingerprint density at radius 3 is 2.74 bits per heavy atom. The average molecular weight is 320 g/mol. The van der Waals surface area contributed by atoms with E-state index in [1.807, 2.05) is 18.3 Å². The van der Waals surface area contributed by atoms with Crippen molar-refractivity contribution in [2.24, 2.45) is 0 Å². The van der Waals surface area contributed by atoms with Crippen LogP contribution in [0.25, 0.3) is 0 Å². The summed E-state index contributed by atoms with van der Waals surface area (Å²) in [4.78, 5) is 0. The third-order valence-corrected chi connectivity index (χ3v) is 3.81. The first-order valence-corrected chi connectivity index (χ1v) is 7.34. The minimum atomic E-state index is 0.272. The second kappa shape index (κ2) is 7.36. The van der Waals surface area contributed by atoms with Gasteiger partial charge >= 0.3 is 0 Å². The van der Waals surface area contributed by atoms with Crippen LogP contribution < -0.4 is 5.32 Å². The van der Waals surface area contributed by atoms with Crippen LogP contribution in [0.5, 0.6) is 0 Å². The predicted octanol–water partition coefficient (Wildman–Crippen LogP) is 3.52. The lowest BCUT2D eigenvalue weighted by atomic mass is 10.0. The fourth-order valence-corrected chi connectivity index (χ4v) is 2.46. The van der Waals surface area contributed by atoms with Gasteiger partial charge in [0, 0.05) is 16.7 Å². The molecule has 1 atom stereocenters. The Bertz CT molecular complexity index is 502. The lowest BCUT2D eigenvalue weighted by molar-refractivity contribution is 0.526. The van der Waals surface area contributed by atoms with E-state index in [0.29, 0.717) is 0 Å². The smallest absolute Gasteiger partial charge is 0.0544 e. The van der Waals surface area contributed by atoms with Gasteiger partial charge in [0.1, 0.15) is 0 Å². The number of benzene rings is 1. The second-order valence-corrected chi connectivity index (χ2v) is 5.33. The van der Waals surface area contributed by atoms with E-state index in [1.54, 1.807) is 6.20 Å². The van der Waals surface area contributed by atoms with E-state index in [1.165, 1.54) is 11.1 Å². The van der Waals surface area contributed by atoms with Crippen LogP contribution in [0.3, 0.4) is 0 Å². The lowest BCUT2D eigenvalue weighted by Crippen LogP contribution is -2.24. The number of hydrogen-bond donors (Lipinski definition) is 1. The van der Waals surface area contributed by atoms with E-state index in [-0.39, 0.29) is 6.04 Å². The fraction of sp³-hybridized carbons (Fsp3) is 0.333. The zero-order valence-corrected chi connectivity index (χ0v) is 12.6. The number of halogens is 1. The van der Waals surface area contributed by atoms with Gasteiger partial charge in [0.25, 0.3) is 0 Å². The minimum Gasteiger partial charge on any atom is -0.310 e. The molecule has 2 rings (SSSR count). The molecule has 4 heteroatoms. The van der Waals surface area contributed by atoms with Gasteiger partial charge in [0.05, 0.1) is 6.20 Å². The van der Waals surface area contributed by atoms with Gasteiger partial charge < -0.3 is 5.32 Å². The second-order valence-electron chi connectivity index (χ2n) is 4.48. The van der Waals surface area contributed by atoms with Crippen LogP contribution in [-0.2, 0) is 6.42 Å². The van der Waals surface area contributed by atoms with Gasteiger partial charge in [-0.1, -0.05) is 41.1 Å². The number of hydrogen-bond acceptors (Lipinski definition) is 3. The summed E-state index contributed by atoms with van der Waals surface area (Å²) < 4.78 is 1.15. The molecule has 0 aliphatic carbocycles. The van der Waals surface area contributed by atoms with Crippen LogP contribution in [0.4, 0.5) is 0 Å². The summed E-state index contributed by atoms with van der Waals surface area (Å²) in [5.41, 5.74) is 2.48. The Kier molecular flexibility index (Phi) is 5.48. The summed E-state index contributed by atoms with van der Waals surface area (Å²) in [6, 6.07) is 10.6. The van der Waals surface area contributed by atoms with E-state index < -0.39 is 0 Å². The van der Waals surface area contributed by atoms with Crippen LogP contribution in [0.1, 0.15) is 30.5 Å². The molecule has 0 saturated heterocycles. The molecule has 1 aromatic heterocycles. The standard InChI is InChI=1S/C15H18BrN3/c1-2-8-17-15(13-7-9-18-19-11-13)10-12-5-3-4-6-14(12)16/h3-7,9,11,15,17H,2,8,10H2,1H3. The van der Waals surface area contributed by atoms with Crippen molar-refractivity contribution in [3.8, 4) is 0 Å². The van der Waals surface area contributed by atoms with Crippen molar-refractivity contribution in [3.63, 3.8) is 0 Å². The largest absolute Gasteiger partial charge is 0.310 e. The Labute approximate surface area is 122 Å². The number of rotatable bonds is 6. The molecule has 0 amide bonds. The summed E-state index contributed by atoms with van der Waals surface area (Å²) in [5, 5.41) is 11.4. The summed E-state index contributed by atoms with van der Waals surface area (Å²) in [7, 11) is 0. The molecule has 0 fully saturated rings. The van der Waals surface area contributed by atoms with Crippen molar-refractivity contribution in [1.29, 1.82) is 0 Å². The van der Waals surface area contributed by atoms with Crippen LogP contribution in [0.15, 0.2) is 47.2 Å². The van der Waals surface area contributed by atoms with Crippen LogP contribution in [0, 0.1) is 0 Å². The van der Waals surface area contributed by atoms with Crippen molar-refractivity contribution >= 4 is 15.9 Å². The number of nitrogens with one attached hydrogen (secondary N) is 1. The number of nitrogens with zero attached hydrogens (tertiary/aromatic N) is 2. The van der Waals surface area contributed by atoms with Crippen LogP contribution in [-0.4, -0.2) is 16.7 Å². The zero-order valence-electron chi connectivity index (χ0n) is 11.0. The minimum absolute atomic E-state index is 0.272. The molecule has 0 aliphatic rings. The number of aromatic nitrogens is 2. The maximum Gasteiger partial charge on any atom is 0.0544 e. The van der Waals surface area contributed by atoms with Crippen molar-refractivity contribution in [3.05, 3.63) is 58.3 Å². The lowest BCUT2D eigenvalue weighted by Gasteiger charge is -2.19. The molecule has 0 saturated carbocycles. The molecule has 3 nitrogen and oxygen atoms in total. The van der Waals surface area contributed by atoms with Crippen LogP contribution >= 0.6 is 15.9 Å². The first-order chi connectivity index (χ1) is 9.31. The van der Waals surface area contributed by atoms with Crippen molar-refractivity contribution < 1.29 is 0 Å². The molecular formula is C15H18BrN3. The molecule has 1 heterocycles. The molecule has 0 spiro atoms. The monoisotopic (exact) mass is 319 g/mol. The molecule has 1 aromatic carbocycles. The molecule has 0 aliphatic heterocycles. The molecule has 19 heavy (non-hydrogen) atoms. The summed E-state index contributed by atoms with van der Waals surface area (Å²) in [6.45, 7) is 3.17. The molecule has 2 aromatic rings. The van der Waals surface area contributed by atoms with E-state index >= 15 is 0 Å². The third-order valence-electron chi connectivity index (χ3n) is 3.03. The summed E-state index contributed by atoms with van der Waals surface area (Å²) in [6.07, 6.45) is 5.64. The topological polar surface area (TPSA) is 37.8 Å². The highest BCUT2D eigenvalue weighted by molar-refractivity contribution is 9.10. The van der Waals surface area contributed by atoms with E-state index in [0.717, 1.165) is 23.9 Å². The molecular weight excluding hydrogens is 302 g/mol. The van der Waals surface area contributed by atoms with Gasteiger partial charge in [-0.2, -0.15) is 10.2 Å². The third kappa shape index (κ3) is 4.11. The Morgan fingerprint density at radius 1 is 1.21 bits per heavy atom. The molecule has 100 valence electrons. The highest BCUT2D eigenvalue weighted by Crippen LogP contribution is 2.23. The SMILES string of the molecule is CCCNC(Cc1ccccc1Br)c1ccnnc1. The van der Waals surface area contributed by atoms with E-state index in [9.17, 15) is 0 Å². The average Bonchev–Trinajstić information content (AvgIpc) is 2.46.